The van der Waals surface area contributed by atoms with Crippen molar-refractivity contribution in [2.75, 3.05) is 14.2 Å². The zero-order valence-corrected chi connectivity index (χ0v) is 10.0. The third-order valence-electron chi connectivity index (χ3n) is 2.08. The number of benzene rings is 1. The highest BCUT2D eigenvalue weighted by Gasteiger charge is 2.26. The summed E-state index contributed by atoms with van der Waals surface area (Å²) in [7, 11) is 2.31. The molecule has 0 unspecified atom stereocenters. The van der Waals surface area contributed by atoms with Crippen molar-refractivity contribution in [2.45, 2.75) is 6.04 Å². The summed E-state index contributed by atoms with van der Waals surface area (Å²) in [6.45, 7) is 0. The average molecular weight is 268 g/mol. The Bertz CT molecular complexity index is 415. The van der Waals surface area contributed by atoms with Crippen molar-refractivity contribution < 1.29 is 23.0 Å². The lowest BCUT2D eigenvalue weighted by molar-refractivity contribution is -0.142. The van der Waals surface area contributed by atoms with Gasteiger partial charge in [0.1, 0.15) is 11.9 Å². The molecule has 96 valence electrons. The van der Waals surface area contributed by atoms with E-state index in [1.165, 1.54) is 7.11 Å². The lowest BCUT2D eigenvalue weighted by Gasteiger charge is -2.13. The van der Waals surface area contributed by atoms with Crippen LogP contribution in [0.3, 0.4) is 0 Å². The summed E-state index contributed by atoms with van der Waals surface area (Å²) in [5, 5.41) is 0. The van der Waals surface area contributed by atoms with Crippen molar-refractivity contribution in [2.24, 2.45) is 5.73 Å². The van der Waals surface area contributed by atoms with E-state index in [9.17, 15) is 13.6 Å². The molecule has 0 aromatic heterocycles. The quantitative estimate of drug-likeness (QED) is 0.845. The topological polar surface area (TPSA) is 61.5 Å². The fourth-order valence-electron chi connectivity index (χ4n) is 1.24. The van der Waals surface area contributed by atoms with Gasteiger partial charge >= 0.3 is 5.97 Å². The summed E-state index contributed by atoms with van der Waals surface area (Å²) < 4.78 is 35.9. The molecule has 0 aliphatic rings. The van der Waals surface area contributed by atoms with Crippen molar-refractivity contribution in [1.29, 1.82) is 0 Å². The molecule has 0 saturated heterocycles. The second-order valence-corrected chi connectivity index (χ2v) is 2.98. The van der Waals surface area contributed by atoms with Crippen LogP contribution in [0.4, 0.5) is 8.78 Å². The molecule has 0 fully saturated rings. The molecule has 1 atom stereocenters. The first kappa shape index (κ1) is 15.6. The van der Waals surface area contributed by atoms with Gasteiger partial charge in [-0.2, -0.15) is 0 Å². The van der Waals surface area contributed by atoms with Gasteiger partial charge in [0.25, 0.3) is 0 Å². The highest BCUT2D eigenvalue weighted by molar-refractivity contribution is 5.85. The molecule has 0 bridgehead atoms. The molecule has 17 heavy (non-hydrogen) atoms. The molecule has 0 amide bonds. The maximum Gasteiger partial charge on any atom is 0.327 e. The number of rotatable bonds is 3. The van der Waals surface area contributed by atoms with Crippen molar-refractivity contribution >= 4 is 18.4 Å². The maximum atomic E-state index is 13.6. The van der Waals surface area contributed by atoms with Gasteiger partial charge in [0.15, 0.2) is 11.6 Å². The van der Waals surface area contributed by atoms with Crippen LogP contribution in [0, 0.1) is 11.6 Å². The van der Waals surface area contributed by atoms with E-state index in [-0.39, 0.29) is 18.2 Å². The van der Waals surface area contributed by atoms with Crippen LogP contribution in [-0.4, -0.2) is 20.2 Å². The van der Waals surface area contributed by atoms with E-state index in [0.717, 1.165) is 19.2 Å². The number of nitrogens with two attached hydrogens (primary N) is 1. The number of halogens is 3. The van der Waals surface area contributed by atoms with Crippen molar-refractivity contribution in [3.8, 4) is 5.75 Å². The van der Waals surface area contributed by atoms with Gasteiger partial charge in [0.05, 0.1) is 19.8 Å². The van der Waals surface area contributed by atoms with Gasteiger partial charge in [-0.3, -0.25) is 4.79 Å². The summed E-state index contributed by atoms with van der Waals surface area (Å²) in [5.74, 6) is -3.03. The number of hydrogen-bond donors (Lipinski definition) is 1. The molecule has 0 saturated carbocycles. The van der Waals surface area contributed by atoms with Crippen molar-refractivity contribution in [1.82, 2.24) is 0 Å². The minimum atomic E-state index is -1.51. The summed E-state index contributed by atoms with van der Waals surface area (Å²) >= 11 is 0. The Morgan fingerprint density at radius 2 is 1.94 bits per heavy atom. The van der Waals surface area contributed by atoms with Gasteiger partial charge in [-0.15, -0.1) is 12.4 Å². The molecule has 4 nitrogen and oxygen atoms in total. The fraction of sp³-hybridized carbons (Fsp3) is 0.300. The molecule has 0 radical (unpaired) electrons. The molecular formula is C10H12ClF2NO3. The first-order chi connectivity index (χ1) is 7.52. The molecule has 1 aromatic carbocycles. The monoisotopic (exact) mass is 267 g/mol. The zero-order valence-electron chi connectivity index (χ0n) is 9.20. The van der Waals surface area contributed by atoms with Gasteiger partial charge in [0.2, 0.25) is 0 Å². The Kier molecular flexibility index (Phi) is 5.84. The van der Waals surface area contributed by atoms with Crippen LogP contribution < -0.4 is 10.5 Å². The molecule has 0 heterocycles. The summed E-state index contributed by atoms with van der Waals surface area (Å²) in [6, 6.07) is 0.568. The fourth-order valence-corrected chi connectivity index (χ4v) is 1.24. The third kappa shape index (κ3) is 3.04. The van der Waals surface area contributed by atoms with Gasteiger partial charge in [0, 0.05) is 0 Å². The zero-order chi connectivity index (χ0) is 12.3. The largest absolute Gasteiger partial charge is 0.494 e. The van der Waals surface area contributed by atoms with Gasteiger partial charge < -0.3 is 15.2 Å². The number of carbonyl (C=O) groups excluding carboxylic acids is 1. The molecular weight excluding hydrogens is 256 g/mol. The standard InChI is InChI=1S/C10H11F2NO3.ClH/c1-15-6-4-3-5(11)7(8(6)12)9(13)10(14)16-2;/h3-4,9H,13H2,1-2H3;1H/t9-;/m0./s1. The minimum absolute atomic E-state index is 0. The van der Waals surface area contributed by atoms with E-state index in [2.05, 4.69) is 9.47 Å². The SMILES string of the molecule is COC(=O)[C@@H](N)c1c(F)ccc(OC)c1F.Cl. The average Bonchev–Trinajstić information content (AvgIpc) is 2.28. The predicted molar refractivity (Wildman–Crippen MR) is 59.1 cm³/mol. The molecule has 0 spiro atoms. The Balaban J connectivity index is 0.00000256. The van der Waals surface area contributed by atoms with E-state index in [1.54, 1.807) is 0 Å². The number of hydrogen-bond acceptors (Lipinski definition) is 4. The summed E-state index contributed by atoms with van der Waals surface area (Å²) in [6.07, 6.45) is 0. The molecule has 0 aliphatic carbocycles. The Hall–Kier alpha value is -1.40. The normalized spacial score (nSPS) is 11.4. The van der Waals surface area contributed by atoms with E-state index in [1.807, 2.05) is 0 Å². The third-order valence-corrected chi connectivity index (χ3v) is 2.08. The van der Waals surface area contributed by atoms with Crippen molar-refractivity contribution in [3.05, 3.63) is 29.3 Å². The lowest BCUT2D eigenvalue weighted by Crippen LogP contribution is -2.25. The van der Waals surface area contributed by atoms with Crippen molar-refractivity contribution in [3.63, 3.8) is 0 Å². The van der Waals surface area contributed by atoms with Crippen LogP contribution in [-0.2, 0) is 9.53 Å². The summed E-state index contributed by atoms with van der Waals surface area (Å²) in [5.41, 5.74) is 4.80. The van der Waals surface area contributed by atoms with Crippen LogP contribution in [0.1, 0.15) is 11.6 Å². The predicted octanol–water partition coefficient (Wildman–Crippen LogP) is 1.57. The lowest BCUT2D eigenvalue weighted by atomic mass is 10.1. The first-order valence-electron chi connectivity index (χ1n) is 4.38. The number of esters is 1. The first-order valence-corrected chi connectivity index (χ1v) is 4.38. The van der Waals surface area contributed by atoms with Crippen LogP contribution in [0.15, 0.2) is 12.1 Å². The number of ether oxygens (including phenoxy) is 2. The van der Waals surface area contributed by atoms with Gasteiger partial charge in [-0.25, -0.2) is 8.78 Å². The smallest absolute Gasteiger partial charge is 0.327 e. The van der Waals surface area contributed by atoms with E-state index in [4.69, 9.17) is 5.73 Å². The second-order valence-electron chi connectivity index (χ2n) is 2.98. The summed E-state index contributed by atoms with van der Waals surface area (Å²) in [4.78, 5) is 11.1. The van der Waals surface area contributed by atoms with Crippen LogP contribution in [0.2, 0.25) is 0 Å². The molecule has 0 aliphatic heterocycles. The molecule has 7 heteroatoms. The van der Waals surface area contributed by atoms with Crippen LogP contribution >= 0.6 is 12.4 Å². The van der Waals surface area contributed by atoms with Crippen LogP contribution in [0.5, 0.6) is 5.75 Å². The Labute approximate surface area is 103 Å². The Morgan fingerprint density at radius 3 is 2.41 bits per heavy atom. The highest BCUT2D eigenvalue weighted by Crippen LogP contribution is 2.27. The van der Waals surface area contributed by atoms with Gasteiger partial charge in [-0.1, -0.05) is 0 Å². The molecule has 1 aromatic rings. The van der Waals surface area contributed by atoms with Gasteiger partial charge in [-0.05, 0) is 12.1 Å². The molecule has 1 rings (SSSR count). The van der Waals surface area contributed by atoms with E-state index < -0.39 is 29.2 Å². The Morgan fingerprint density at radius 1 is 1.35 bits per heavy atom. The minimum Gasteiger partial charge on any atom is -0.494 e. The number of methoxy groups -OCH3 is 2. The van der Waals surface area contributed by atoms with E-state index in [0.29, 0.717) is 0 Å². The number of carbonyl (C=O) groups is 1. The molecule has 2 N–H and O–H groups in total. The van der Waals surface area contributed by atoms with E-state index >= 15 is 0 Å². The highest BCUT2D eigenvalue weighted by atomic mass is 35.5. The second kappa shape index (κ2) is 6.36. The van der Waals surface area contributed by atoms with Crippen LogP contribution in [0.25, 0.3) is 0 Å². The maximum absolute atomic E-state index is 13.6.